The summed E-state index contributed by atoms with van der Waals surface area (Å²) in [4.78, 5) is 19.9. The first-order valence-corrected chi connectivity index (χ1v) is 8.01. The lowest BCUT2D eigenvalue weighted by Crippen LogP contribution is -2.53. The number of hydrogen-bond acceptors (Lipinski definition) is 4. The van der Waals surface area contributed by atoms with Gasteiger partial charge in [-0.15, -0.1) is 0 Å². The van der Waals surface area contributed by atoms with Crippen LogP contribution in [0.4, 0.5) is 0 Å². The molecule has 2 N–H and O–H groups in total. The van der Waals surface area contributed by atoms with E-state index in [0.29, 0.717) is 18.0 Å². The molecule has 0 bridgehead atoms. The minimum Gasteiger partial charge on any atom is -0.379 e. The molecule has 0 radical (unpaired) electrons. The summed E-state index contributed by atoms with van der Waals surface area (Å²) < 4.78 is 5.47. The number of carbonyl (C=O) groups excluding carboxylic acids is 1. The van der Waals surface area contributed by atoms with E-state index < -0.39 is 0 Å². The van der Waals surface area contributed by atoms with E-state index in [9.17, 15) is 4.79 Å². The minimum atomic E-state index is -0.00736. The van der Waals surface area contributed by atoms with E-state index in [1.54, 1.807) is 19.0 Å². The molecule has 0 aliphatic carbocycles. The van der Waals surface area contributed by atoms with Gasteiger partial charge in [0.25, 0.3) is 0 Å². The first kappa shape index (κ1) is 18.7. The number of nitrogens with one attached hydrogen (secondary N) is 2. The van der Waals surface area contributed by atoms with Crippen molar-refractivity contribution in [3.8, 4) is 0 Å². The second kappa shape index (κ2) is 9.63. The van der Waals surface area contributed by atoms with Gasteiger partial charge in [-0.2, -0.15) is 0 Å². The van der Waals surface area contributed by atoms with E-state index in [4.69, 9.17) is 4.74 Å². The maximum absolute atomic E-state index is 11.6. The summed E-state index contributed by atoms with van der Waals surface area (Å²) in [6.45, 7) is 10.6. The number of nitrogens with zero attached hydrogens (tertiary/aromatic N) is 3. The van der Waals surface area contributed by atoms with E-state index >= 15 is 0 Å². The first-order chi connectivity index (χ1) is 10.5. The van der Waals surface area contributed by atoms with Crippen molar-refractivity contribution in [2.75, 3.05) is 53.5 Å². The monoisotopic (exact) mass is 313 g/mol. The highest BCUT2D eigenvalue weighted by atomic mass is 16.5. The minimum absolute atomic E-state index is 0.00736. The second-order valence-corrected chi connectivity index (χ2v) is 5.88. The van der Waals surface area contributed by atoms with Crippen molar-refractivity contribution in [1.82, 2.24) is 20.4 Å². The molecule has 0 aromatic rings. The van der Waals surface area contributed by atoms with Gasteiger partial charge >= 0.3 is 0 Å². The Morgan fingerprint density at radius 3 is 2.77 bits per heavy atom. The van der Waals surface area contributed by atoms with Crippen LogP contribution < -0.4 is 10.6 Å². The van der Waals surface area contributed by atoms with Gasteiger partial charge in [-0.3, -0.25) is 9.69 Å². The fraction of sp³-hybridized carbons (Fsp3) is 0.867. The van der Waals surface area contributed by atoms with Crippen LogP contribution in [0, 0.1) is 0 Å². The van der Waals surface area contributed by atoms with Crippen molar-refractivity contribution < 1.29 is 9.53 Å². The average Bonchev–Trinajstić information content (AvgIpc) is 2.49. The molecule has 1 amide bonds. The number of amides is 1. The van der Waals surface area contributed by atoms with E-state index in [2.05, 4.69) is 34.4 Å². The lowest BCUT2D eigenvalue weighted by molar-refractivity contribution is -0.127. The molecule has 1 saturated heterocycles. The van der Waals surface area contributed by atoms with Gasteiger partial charge < -0.3 is 20.3 Å². The SMILES string of the molecule is CCNC(=NCC(=O)N(C)C)NCC(C)N1CCOCC1C. The van der Waals surface area contributed by atoms with Crippen LogP contribution in [0.25, 0.3) is 0 Å². The van der Waals surface area contributed by atoms with Crippen LogP contribution in [0.2, 0.25) is 0 Å². The zero-order chi connectivity index (χ0) is 16.5. The number of ether oxygens (including phenoxy) is 1. The molecule has 128 valence electrons. The fourth-order valence-electron chi connectivity index (χ4n) is 2.39. The molecule has 0 aromatic carbocycles. The summed E-state index contributed by atoms with van der Waals surface area (Å²) in [6.07, 6.45) is 0. The van der Waals surface area contributed by atoms with Crippen molar-refractivity contribution in [3.63, 3.8) is 0 Å². The summed E-state index contributed by atoms with van der Waals surface area (Å²) in [5, 5.41) is 6.49. The normalized spacial score (nSPS) is 21.3. The van der Waals surface area contributed by atoms with E-state index in [-0.39, 0.29) is 12.5 Å². The molecule has 2 atom stereocenters. The van der Waals surface area contributed by atoms with Crippen molar-refractivity contribution in [2.24, 2.45) is 4.99 Å². The van der Waals surface area contributed by atoms with Gasteiger partial charge in [-0.1, -0.05) is 0 Å². The Labute approximate surface area is 134 Å². The maximum Gasteiger partial charge on any atom is 0.243 e. The number of likely N-dealkylation sites (N-methyl/N-ethyl adjacent to an activating group) is 1. The topological polar surface area (TPSA) is 69.2 Å². The lowest BCUT2D eigenvalue weighted by atomic mass is 10.2. The van der Waals surface area contributed by atoms with Crippen LogP contribution >= 0.6 is 0 Å². The average molecular weight is 313 g/mol. The van der Waals surface area contributed by atoms with Crippen LogP contribution in [-0.4, -0.2) is 87.2 Å². The van der Waals surface area contributed by atoms with Gasteiger partial charge in [0, 0.05) is 45.8 Å². The Hall–Kier alpha value is -1.34. The highest BCUT2D eigenvalue weighted by Gasteiger charge is 2.23. The molecule has 1 fully saturated rings. The predicted molar refractivity (Wildman–Crippen MR) is 89.1 cm³/mol. The lowest BCUT2D eigenvalue weighted by Gasteiger charge is -2.38. The second-order valence-electron chi connectivity index (χ2n) is 5.88. The summed E-state index contributed by atoms with van der Waals surface area (Å²) in [7, 11) is 3.47. The molecule has 22 heavy (non-hydrogen) atoms. The van der Waals surface area contributed by atoms with E-state index in [1.807, 2.05) is 6.92 Å². The standard InChI is InChI=1S/C15H31N5O2/c1-6-16-15(18-10-14(21)19(4)5)17-9-12(2)20-7-8-22-11-13(20)3/h12-13H,6-11H2,1-5H3,(H2,16,17,18). The molecule has 1 rings (SSSR count). The Morgan fingerprint density at radius 1 is 1.45 bits per heavy atom. The van der Waals surface area contributed by atoms with Crippen molar-refractivity contribution in [1.29, 1.82) is 0 Å². The van der Waals surface area contributed by atoms with Crippen LogP contribution in [0.1, 0.15) is 20.8 Å². The van der Waals surface area contributed by atoms with Gasteiger partial charge in [0.15, 0.2) is 5.96 Å². The van der Waals surface area contributed by atoms with Gasteiger partial charge in [0.1, 0.15) is 6.54 Å². The molecular formula is C15H31N5O2. The van der Waals surface area contributed by atoms with Gasteiger partial charge in [-0.25, -0.2) is 4.99 Å². The van der Waals surface area contributed by atoms with Crippen LogP contribution in [0.15, 0.2) is 4.99 Å². The summed E-state index contributed by atoms with van der Waals surface area (Å²) in [6, 6.07) is 0.813. The molecule has 0 aromatic heterocycles. The highest BCUT2D eigenvalue weighted by molar-refractivity contribution is 5.84. The fourth-order valence-corrected chi connectivity index (χ4v) is 2.39. The summed E-state index contributed by atoms with van der Waals surface area (Å²) >= 11 is 0. The third-order valence-corrected chi connectivity index (χ3v) is 3.77. The number of carbonyl (C=O) groups is 1. The third kappa shape index (κ3) is 6.19. The predicted octanol–water partition coefficient (Wildman–Crippen LogP) is -0.261. The molecule has 7 heteroatoms. The quantitative estimate of drug-likeness (QED) is 0.522. The van der Waals surface area contributed by atoms with Crippen molar-refractivity contribution >= 4 is 11.9 Å². The molecular weight excluding hydrogens is 282 g/mol. The van der Waals surface area contributed by atoms with E-state index in [1.165, 1.54) is 0 Å². The largest absolute Gasteiger partial charge is 0.379 e. The Morgan fingerprint density at radius 2 is 2.18 bits per heavy atom. The number of rotatable bonds is 6. The molecule has 1 aliphatic heterocycles. The molecule has 0 spiro atoms. The van der Waals surface area contributed by atoms with Gasteiger partial charge in [0.2, 0.25) is 5.91 Å². The maximum atomic E-state index is 11.6. The zero-order valence-corrected chi connectivity index (χ0v) is 14.6. The molecule has 1 aliphatic rings. The smallest absolute Gasteiger partial charge is 0.243 e. The van der Waals surface area contributed by atoms with Gasteiger partial charge in [-0.05, 0) is 20.8 Å². The Kier molecular flexibility index (Phi) is 8.19. The first-order valence-electron chi connectivity index (χ1n) is 8.01. The Bertz CT molecular complexity index is 373. The van der Waals surface area contributed by atoms with E-state index in [0.717, 1.165) is 32.8 Å². The number of aliphatic imine (C=N–C) groups is 1. The van der Waals surface area contributed by atoms with Crippen molar-refractivity contribution in [2.45, 2.75) is 32.9 Å². The molecule has 7 nitrogen and oxygen atoms in total. The zero-order valence-electron chi connectivity index (χ0n) is 14.6. The number of guanidine groups is 1. The van der Waals surface area contributed by atoms with Crippen molar-refractivity contribution in [3.05, 3.63) is 0 Å². The van der Waals surface area contributed by atoms with Crippen LogP contribution in [-0.2, 0) is 9.53 Å². The van der Waals surface area contributed by atoms with Crippen LogP contribution in [0.5, 0.6) is 0 Å². The third-order valence-electron chi connectivity index (χ3n) is 3.77. The Balaban J connectivity index is 2.48. The molecule has 1 heterocycles. The number of morpholine rings is 1. The van der Waals surface area contributed by atoms with Crippen LogP contribution in [0.3, 0.4) is 0 Å². The summed E-state index contributed by atoms with van der Waals surface area (Å²) in [5.74, 6) is 0.678. The molecule has 0 saturated carbocycles. The molecule has 2 unspecified atom stereocenters. The number of hydrogen-bond donors (Lipinski definition) is 2. The highest BCUT2D eigenvalue weighted by Crippen LogP contribution is 2.09. The van der Waals surface area contributed by atoms with Gasteiger partial charge in [0.05, 0.1) is 13.2 Å². The summed E-state index contributed by atoms with van der Waals surface area (Å²) in [5.41, 5.74) is 0.